The first-order valence-electron chi connectivity index (χ1n) is 8.68. The molecule has 7 heteroatoms. The van der Waals surface area contributed by atoms with Crippen LogP contribution in [-0.2, 0) is 6.42 Å². The highest BCUT2D eigenvalue weighted by molar-refractivity contribution is 5.95. The van der Waals surface area contributed by atoms with Crippen LogP contribution in [0, 0.1) is 0 Å². The molecule has 3 aromatic rings. The van der Waals surface area contributed by atoms with E-state index in [1.807, 2.05) is 19.1 Å². The summed E-state index contributed by atoms with van der Waals surface area (Å²) in [5.74, 6) is 0.734. The molecule has 2 aromatic heterocycles. The number of benzene rings is 1. The van der Waals surface area contributed by atoms with Crippen LogP contribution in [0.15, 0.2) is 47.1 Å². The van der Waals surface area contributed by atoms with Crippen molar-refractivity contribution in [3.63, 3.8) is 0 Å². The molecule has 7 nitrogen and oxygen atoms in total. The highest BCUT2D eigenvalue weighted by atomic mass is 16.5. The van der Waals surface area contributed by atoms with Crippen LogP contribution in [0.2, 0.25) is 0 Å². The number of pyridine rings is 1. The number of carbonyl (C=O) groups excluding carboxylic acids is 2. The summed E-state index contributed by atoms with van der Waals surface area (Å²) in [6.45, 7) is 5.23. The lowest BCUT2D eigenvalue weighted by atomic mass is 10.1. The largest absolute Gasteiger partial charge is 0.341 e. The van der Waals surface area contributed by atoms with Crippen molar-refractivity contribution in [2.45, 2.75) is 33.2 Å². The average molecular weight is 364 g/mol. The van der Waals surface area contributed by atoms with Gasteiger partial charge in [-0.25, -0.2) is 0 Å². The Morgan fingerprint density at radius 1 is 1.11 bits per heavy atom. The Labute approximate surface area is 156 Å². The molecule has 0 saturated carbocycles. The van der Waals surface area contributed by atoms with Crippen LogP contribution in [0.5, 0.6) is 0 Å². The van der Waals surface area contributed by atoms with Crippen molar-refractivity contribution in [2.75, 3.05) is 0 Å². The maximum absolute atomic E-state index is 12.4. The molecule has 1 atom stereocenters. The summed E-state index contributed by atoms with van der Waals surface area (Å²) in [6, 6.07) is 10.2. The molecule has 0 aliphatic heterocycles. The van der Waals surface area contributed by atoms with Gasteiger partial charge in [-0.1, -0.05) is 24.2 Å². The smallest absolute Gasteiger partial charge is 0.251 e. The number of rotatable bonds is 6. The summed E-state index contributed by atoms with van der Waals surface area (Å²) < 4.78 is 5.15. The van der Waals surface area contributed by atoms with Crippen LogP contribution in [0.3, 0.4) is 0 Å². The molecular formula is C20H20N4O3. The highest BCUT2D eigenvalue weighted by Gasteiger charge is 2.17. The summed E-state index contributed by atoms with van der Waals surface area (Å²) in [4.78, 5) is 32.3. The Hall–Kier alpha value is -3.35. The van der Waals surface area contributed by atoms with Crippen molar-refractivity contribution in [3.8, 4) is 11.3 Å². The standard InChI is InChI=1S/C20H20N4O3/c1-4-18-23-20(27-24-18)12(2)22-19(26)15-7-5-14(6-8-15)17-10-9-16(11-21-17)13(3)25/h5-12H,4H2,1-3H3,(H,22,26). The molecule has 0 saturated heterocycles. The van der Waals surface area contributed by atoms with Gasteiger partial charge < -0.3 is 9.84 Å². The summed E-state index contributed by atoms with van der Waals surface area (Å²) in [5.41, 5.74) is 2.68. The first-order chi connectivity index (χ1) is 13.0. The van der Waals surface area contributed by atoms with Crippen LogP contribution >= 0.6 is 0 Å². The predicted octanol–water partition coefficient (Wildman–Crippen LogP) is 3.39. The van der Waals surface area contributed by atoms with E-state index in [2.05, 4.69) is 20.4 Å². The lowest BCUT2D eigenvalue weighted by molar-refractivity contribution is 0.0931. The molecule has 1 N–H and O–H groups in total. The molecule has 138 valence electrons. The third kappa shape index (κ3) is 4.25. The number of Topliss-reactive ketones (excluding diaryl/α,β-unsaturated/α-hetero) is 1. The summed E-state index contributed by atoms with van der Waals surface area (Å²) in [7, 11) is 0. The Bertz CT molecular complexity index is 946. The van der Waals surface area contributed by atoms with Gasteiger partial charge in [-0.2, -0.15) is 4.98 Å². The maximum Gasteiger partial charge on any atom is 0.251 e. The van der Waals surface area contributed by atoms with Crippen molar-refractivity contribution in [1.82, 2.24) is 20.4 Å². The lowest BCUT2D eigenvalue weighted by Gasteiger charge is -2.10. The molecule has 1 aromatic carbocycles. The molecule has 1 amide bonds. The number of hydrogen-bond acceptors (Lipinski definition) is 6. The number of nitrogens with one attached hydrogen (secondary N) is 1. The molecule has 0 aliphatic carbocycles. The topological polar surface area (TPSA) is 98.0 Å². The molecule has 0 aliphatic rings. The van der Waals surface area contributed by atoms with Crippen LogP contribution < -0.4 is 5.32 Å². The van der Waals surface area contributed by atoms with Gasteiger partial charge in [-0.15, -0.1) is 0 Å². The van der Waals surface area contributed by atoms with Crippen LogP contribution in [0.25, 0.3) is 11.3 Å². The van der Waals surface area contributed by atoms with E-state index in [1.165, 1.54) is 6.92 Å². The number of amides is 1. The fraction of sp³-hybridized carbons (Fsp3) is 0.250. The molecule has 0 spiro atoms. The van der Waals surface area contributed by atoms with Gasteiger partial charge in [0, 0.05) is 29.3 Å². The molecule has 0 fully saturated rings. The Kier molecular flexibility index (Phi) is 5.40. The minimum Gasteiger partial charge on any atom is -0.341 e. The zero-order chi connectivity index (χ0) is 19.4. The first kappa shape index (κ1) is 18.4. The summed E-state index contributed by atoms with van der Waals surface area (Å²) in [6.07, 6.45) is 2.22. The van der Waals surface area contributed by atoms with Crippen molar-refractivity contribution >= 4 is 11.7 Å². The number of aromatic nitrogens is 3. The van der Waals surface area contributed by atoms with Gasteiger partial charge in [0.1, 0.15) is 6.04 Å². The van der Waals surface area contributed by atoms with Crippen molar-refractivity contribution in [1.29, 1.82) is 0 Å². The SMILES string of the molecule is CCc1noc(C(C)NC(=O)c2ccc(-c3ccc(C(C)=O)cn3)cc2)n1. The van der Waals surface area contributed by atoms with E-state index >= 15 is 0 Å². The van der Waals surface area contributed by atoms with E-state index < -0.39 is 0 Å². The zero-order valence-corrected chi connectivity index (χ0v) is 15.4. The van der Waals surface area contributed by atoms with Crippen LogP contribution in [-0.4, -0.2) is 26.8 Å². The van der Waals surface area contributed by atoms with E-state index in [9.17, 15) is 9.59 Å². The normalized spacial score (nSPS) is 11.8. The molecular weight excluding hydrogens is 344 g/mol. The second-order valence-corrected chi connectivity index (χ2v) is 6.16. The summed E-state index contributed by atoms with van der Waals surface area (Å²) in [5, 5.41) is 6.67. The molecule has 0 radical (unpaired) electrons. The fourth-order valence-electron chi connectivity index (χ4n) is 2.49. The Balaban J connectivity index is 1.68. The molecule has 0 bridgehead atoms. The third-order valence-corrected chi connectivity index (χ3v) is 4.13. The van der Waals surface area contributed by atoms with Gasteiger partial charge in [0.15, 0.2) is 11.6 Å². The van der Waals surface area contributed by atoms with E-state index in [0.717, 1.165) is 11.3 Å². The molecule has 1 unspecified atom stereocenters. The van der Waals surface area contributed by atoms with Crippen molar-refractivity contribution < 1.29 is 14.1 Å². The third-order valence-electron chi connectivity index (χ3n) is 4.13. The van der Waals surface area contributed by atoms with Gasteiger partial charge in [-0.05, 0) is 38.1 Å². The minimum absolute atomic E-state index is 0.0255. The molecule has 27 heavy (non-hydrogen) atoms. The predicted molar refractivity (Wildman–Crippen MR) is 99.2 cm³/mol. The minimum atomic E-state index is -0.384. The van der Waals surface area contributed by atoms with Gasteiger partial charge >= 0.3 is 0 Å². The summed E-state index contributed by atoms with van der Waals surface area (Å²) >= 11 is 0. The number of hydrogen-bond donors (Lipinski definition) is 1. The van der Waals surface area contributed by atoms with Crippen molar-refractivity contribution in [3.05, 3.63) is 65.4 Å². The van der Waals surface area contributed by atoms with Crippen LogP contribution in [0.4, 0.5) is 0 Å². The fourth-order valence-corrected chi connectivity index (χ4v) is 2.49. The van der Waals surface area contributed by atoms with Gasteiger partial charge in [0.2, 0.25) is 5.89 Å². The highest BCUT2D eigenvalue weighted by Crippen LogP contribution is 2.19. The quantitative estimate of drug-likeness (QED) is 0.673. The van der Waals surface area contributed by atoms with Crippen molar-refractivity contribution in [2.24, 2.45) is 0 Å². The molecule has 3 rings (SSSR count). The van der Waals surface area contributed by atoms with Gasteiger partial charge in [0.25, 0.3) is 5.91 Å². The van der Waals surface area contributed by atoms with Gasteiger partial charge in [0.05, 0.1) is 5.69 Å². The maximum atomic E-state index is 12.4. The second-order valence-electron chi connectivity index (χ2n) is 6.16. The van der Waals surface area contributed by atoms with E-state index in [0.29, 0.717) is 29.3 Å². The second kappa shape index (κ2) is 7.90. The Morgan fingerprint density at radius 2 is 1.81 bits per heavy atom. The number of aryl methyl sites for hydroxylation is 1. The monoisotopic (exact) mass is 364 g/mol. The average Bonchev–Trinajstić information content (AvgIpc) is 3.17. The van der Waals surface area contributed by atoms with E-state index in [4.69, 9.17) is 4.52 Å². The van der Waals surface area contributed by atoms with Gasteiger partial charge in [-0.3, -0.25) is 14.6 Å². The molecule has 2 heterocycles. The lowest BCUT2D eigenvalue weighted by Crippen LogP contribution is -2.26. The number of nitrogens with zero attached hydrogens (tertiary/aromatic N) is 3. The number of carbonyl (C=O) groups is 2. The zero-order valence-electron chi connectivity index (χ0n) is 15.4. The number of ketones is 1. The first-order valence-corrected chi connectivity index (χ1v) is 8.68. The van der Waals surface area contributed by atoms with Crippen LogP contribution in [0.1, 0.15) is 59.2 Å². The van der Waals surface area contributed by atoms with E-state index in [-0.39, 0.29) is 17.7 Å². The Morgan fingerprint density at radius 3 is 2.37 bits per heavy atom. The van der Waals surface area contributed by atoms with E-state index in [1.54, 1.807) is 37.4 Å².